The summed E-state index contributed by atoms with van der Waals surface area (Å²) < 4.78 is 5.86. The number of nitrogens with zero attached hydrogens (tertiary/aromatic N) is 1. The summed E-state index contributed by atoms with van der Waals surface area (Å²) in [7, 11) is 2.00. The topological polar surface area (TPSA) is 49.8 Å². The molecule has 1 aliphatic heterocycles. The van der Waals surface area contributed by atoms with E-state index in [-0.39, 0.29) is 6.10 Å². The van der Waals surface area contributed by atoms with Gasteiger partial charge in [0.1, 0.15) is 16.0 Å². The Kier molecular flexibility index (Phi) is 2.10. The van der Waals surface area contributed by atoms with E-state index in [0.717, 1.165) is 17.3 Å². The lowest BCUT2D eigenvalue weighted by Gasteiger charge is -2.31. The molecule has 0 spiro atoms. The summed E-state index contributed by atoms with van der Waals surface area (Å²) in [4.78, 5) is 13.4. The van der Waals surface area contributed by atoms with Crippen LogP contribution >= 0.6 is 11.3 Å². The van der Waals surface area contributed by atoms with E-state index >= 15 is 0 Å². The molecule has 2 aliphatic rings. The summed E-state index contributed by atoms with van der Waals surface area (Å²) >= 11 is 1.29. The van der Waals surface area contributed by atoms with Crippen LogP contribution in [0.2, 0.25) is 0 Å². The number of carboxylic acids is 1. The van der Waals surface area contributed by atoms with Gasteiger partial charge in [-0.25, -0.2) is 4.79 Å². The van der Waals surface area contributed by atoms with Crippen molar-refractivity contribution in [1.29, 1.82) is 0 Å². The van der Waals surface area contributed by atoms with Crippen molar-refractivity contribution in [2.75, 3.05) is 18.5 Å². The van der Waals surface area contributed by atoms with E-state index in [1.165, 1.54) is 24.2 Å². The second kappa shape index (κ2) is 3.38. The van der Waals surface area contributed by atoms with Crippen LogP contribution in [0, 0.1) is 5.92 Å². The number of anilines is 1. The standard InChI is InChI=1S/C11H13NO3S/c1-12-5-8(6-2-3-6)15-7-4-9(11(13)14)16-10(7)12/h4,6,8H,2-3,5H2,1H3,(H,13,14). The minimum absolute atomic E-state index is 0.244. The maximum Gasteiger partial charge on any atom is 0.346 e. The minimum Gasteiger partial charge on any atom is -0.485 e. The molecule has 1 aromatic rings. The molecule has 1 aromatic heterocycles. The van der Waals surface area contributed by atoms with Crippen molar-refractivity contribution in [3.05, 3.63) is 10.9 Å². The zero-order chi connectivity index (χ0) is 11.3. The van der Waals surface area contributed by atoms with E-state index in [9.17, 15) is 4.79 Å². The SMILES string of the molecule is CN1CC(C2CC2)Oc2cc(C(=O)O)sc21. The Labute approximate surface area is 97.4 Å². The Morgan fingerprint density at radius 2 is 2.38 bits per heavy atom. The van der Waals surface area contributed by atoms with Crippen molar-refractivity contribution in [2.24, 2.45) is 5.92 Å². The van der Waals surface area contributed by atoms with Gasteiger partial charge in [-0.1, -0.05) is 0 Å². The zero-order valence-corrected chi connectivity index (χ0v) is 9.79. The van der Waals surface area contributed by atoms with Gasteiger partial charge in [0.2, 0.25) is 0 Å². The minimum atomic E-state index is -0.876. The summed E-state index contributed by atoms with van der Waals surface area (Å²) in [5, 5.41) is 9.88. The molecule has 0 amide bonds. The number of carbonyl (C=O) groups is 1. The van der Waals surface area contributed by atoms with E-state index in [0.29, 0.717) is 10.8 Å². The first-order valence-electron chi connectivity index (χ1n) is 5.40. The number of likely N-dealkylation sites (N-methyl/N-ethyl adjacent to an activating group) is 1. The normalized spacial score (nSPS) is 23.8. The Morgan fingerprint density at radius 1 is 1.62 bits per heavy atom. The highest BCUT2D eigenvalue weighted by atomic mass is 32.1. The summed E-state index contributed by atoms with van der Waals surface area (Å²) in [6, 6.07) is 1.65. The molecular formula is C11H13NO3S. The molecule has 2 heterocycles. The van der Waals surface area contributed by atoms with Gasteiger partial charge in [0.05, 0.1) is 6.54 Å². The number of ether oxygens (including phenoxy) is 1. The molecule has 1 N–H and O–H groups in total. The number of aromatic carboxylic acids is 1. The van der Waals surface area contributed by atoms with Crippen molar-refractivity contribution >= 4 is 22.3 Å². The van der Waals surface area contributed by atoms with Crippen molar-refractivity contribution in [2.45, 2.75) is 18.9 Å². The number of hydrogen-bond donors (Lipinski definition) is 1. The molecular weight excluding hydrogens is 226 g/mol. The van der Waals surface area contributed by atoms with Gasteiger partial charge in [-0.05, 0) is 18.8 Å². The molecule has 1 fully saturated rings. The van der Waals surface area contributed by atoms with Crippen LogP contribution in [0.1, 0.15) is 22.5 Å². The number of thiophene rings is 1. The molecule has 4 nitrogen and oxygen atoms in total. The molecule has 0 aromatic carbocycles. The van der Waals surface area contributed by atoms with Crippen LogP contribution in [0.3, 0.4) is 0 Å². The van der Waals surface area contributed by atoms with Crippen molar-refractivity contribution in [3.8, 4) is 5.75 Å². The summed E-state index contributed by atoms with van der Waals surface area (Å²) in [6.07, 6.45) is 2.72. The summed E-state index contributed by atoms with van der Waals surface area (Å²) in [5.41, 5.74) is 0. The number of fused-ring (bicyclic) bond motifs is 1. The molecule has 5 heteroatoms. The predicted octanol–water partition coefficient (Wildman–Crippen LogP) is 2.05. The third-order valence-electron chi connectivity index (χ3n) is 3.12. The lowest BCUT2D eigenvalue weighted by molar-refractivity contribution is 0.0701. The van der Waals surface area contributed by atoms with Gasteiger partial charge in [-0.3, -0.25) is 0 Å². The van der Waals surface area contributed by atoms with E-state index in [1.807, 2.05) is 7.05 Å². The van der Waals surface area contributed by atoms with Crippen LogP contribution in [0.15, 0.2) is 6.07 Å². The highest BCUT2D eigenvalue weighted by Crippen LogP contribution is 2.45. The first-order chi connectivity index (χ1) is 7.65. The third kappa shape index (κ3) is 1.55. The maximum absolute atomic E-state index is 10.9. The Balaban J connectivity index is 1.91. The zero-order valence-electron chi connectivity index (χ0n) is 8.97. The van der Waals surface area contributed by atoms with Crippen molar-refractivity contribution in [3.63, 3.8) is 0 Å². The molecule has 0 radical (unpaired) electrons. The fourth-order valence-corrected chi connectivity index (χ4v) is 2.99. The third-order valence-corrected chi connectivity index (χ3v) is 4.34. The highest BCUT2D eigenvalue weighted by Gasteiger charge is 2.38. The van der Waals surface area contributed by atoms with Crippen LogP contribution in [0.5, 0.6) is 5.75 Å². The van der Waals surface area contributed by atoms with Crippen molar-refractivity contribution in [1.82, 2.24) is 0 Å². The van der Waals surface area contributed by atoms with E-state index in [4.69, 9.17) is 9.84 Å². The van der Waals surface area contributed by atoms with E-state index in [1.54, 1.807) is 6.07 Å². The molecule has 0 saturated heterocycles. The second-order valence-electron chi connectivity index (χ2n) is 4.46. The number of rotatable bonds is 2. The smallest absolute Gasteiger partial charge is 0.346 e. The maximum atomic E-state index is 10.9. The second-order valence-corrected chi connectivity index (χ2v) is 5.49. The molecule has 1 atom stereocenters. The van der Waals surface area contributed by atoms with E-state index < -0.39 is 5.97 Å². The summed E-state index contributed by atoms with van der Waals surface area (Å²) in [6.45, 7) is 0.872. The summed E-state index contributed by atoms with van der Waals surface area (Å²) in [5.74, 6) is 0.538. The molecule has 16 heavy (non-hydrogen) atoms. The van der Waals surface area contributed by atoms with Crippen molar-refractivity contribution < 1.29 is 14.6 Å². The van der Waals surface area contributed by atoms with Gasteiger partial charge in [-0.2, -0.15) is 0 Å². The first-order valence-corrected chi connectivity index (χ1v) is 6.21. The van der Waals surface area contributed by atoms with Crippen LogP contribution in [0.25, 0.3) is 0 Å². The number of hydrogen-bond acceptors (Lipinski definition) is 4. The first kappa shape index (κ1) is 9.96. The monoisotopic (exact) mass is 239 g/mol. The Hall–Kier alpha value is -1.23. The average molecular weight is 239 g/mol. The lowest BCUT2D eigenvalue weighted by atomic mass is 10.2. The van der Waals surface area contributed by atoms with Crippen LogP contribution in [0.4, 0.5) is 5.00 Å². The fourth-order valence-electron chi connectivity index (χ4n) is 2.09. The molecule has 1 aliphatic carbocycles. The highest BCUT2D eigenvalue weighted by molar-refractivity contribution is 7.18. The Bertz CT molecular complexity index is 438. The molecule has 86 valence electrons. The molecule has 3 rings (SSSR count). The van der Waals surface area contributed by atoms with Gasteiger partial charge < -0.3 is 14.7 Å². The van der Waals surface area contributed by atoms with E-state index in [2.05, 4.69) is 4.90 Å². The Morgan fingerprint density at radius 3 is 3.00 bits per heavy atom. The van der Waals surface area contributed by atoms with Gasteiger partial charge in [0.15, 0.2) is 5.75 Å². The van der Waals surface area contributed by atoms with Gasteiger partial charge >= 0.3 is 5.97 Å². The van der Waals surface area contributed by atoms with Crippen LogP contribution < -0.4 is 9.64 Å². The lowest BCUT2D eigenvalue weighted by Crippen LogP contribution is -2.38. The van der Waals surface area contributed by atoms with Gasteiger partial charge in [-0.15, -0.1) is 11.3 Å². The largest absolute Gasteiger partial charge is 0.485 e. The van der Waals surface area contributed by atoms with Gasteiger partial charge in [0, 0.05) is 13.1 Å². The van der Waals surface area contributed by atoms with Crippen LogP contribution in [-0.4, -0.2) is 30.8 Å². The molecule has 1 saturated carbocycles. The molecule has 0 bridgehead atoms. The average Bonchev–Trinajstić information content (AvgIpc) is 2.97. The predicted molar refractivity (Wildman–Crippen MR) is 61.7 cm³/mol. The van der Waals surface area contributed by atoms with Gasteiger partial charge in [0.25, 0.3) is 0 Å². The molecule has 1 unspecified atom stereocenters. The van der Waals surface area contributed by atoms with Crippen LogP contribution in [-0.2, 0) is 0 Å². The number of carboxylic acid groups (broad SMARTS) is 1. The quantitative estimate of drug-likeness (QED) is 0.858. The fraction of sp³-hybridized carbons (Fsp3) is 0.545.